The zero-order valence-corrected chi connectivity index (χ0v) is 16.9. The summed E-state index contributed by atoms with van der Waals surface area (Å²) in [6, 6.07) is 5.83. The Balaban J connectivity index is 1.55. The minimum absolute atomic E-state index is 0.198. The van der Waals surface area contributed by atoms with Crippen LogP contribution >= 0.6 is 0 Å². The molecule has 0 spiro atoms. The topological polar surface area (TPSA) is 74.6 Å². The van der Waals surface area contributed by atoms with Gasteiger partial charge in [0, 0.05) is 51.4 Å². The van der Waals surface area contributed by atoms with Gasteiger partial charge in [0.25, 0.3) is 0 Å². The van der Waals surface area contributed by atoms with Crippen LogP contribution in [0, 0.1) is 0 Å². The fraction of sp³-hybridized carbons (Fsp3) is 0.714. The number of methoxy groups -OCH3 is 1. The Kier molecular flexibility index (Phi) is 8.36. The maximum absolute atomic E-state index is 10.4. The van der Waals surface area contributed by atoms with Crippen molar-refractivity contribution in [2.75, 3.05) is 59.7 Å². The van der Waals surface area contributed by atoms with E-state index in [-0.39, 0.29) is 12.7 Å². The summed E-state index contributed by atoms with van der Waals surface area (Å²) in [7, 11) is 1.67. The molecule has 3 rings (SSSR count). The summed E-state index contributed by atoms with van der Waals surface area (Å²) in [5.74, 6) is 1.60. The van der Waals surface area contributed by atoms with Gasteiger partial charge in [0.15, 0.2) is 0 Å². The van der Waals surface area contributed by atoms with Gasteiger partial charge in [-0.1, -0.05) is 0 Å². The number of aliphatic hydroxyl groups is 2. The lowest BCUT2D eigenvalue weighted by atomic mass is 10.1. The van der Waals surface area contributed by atoms with E-state index in [0.717, 1.165) is 82.3 Å². The maximum Gasteiger partial charge on any atom is 0.124 e. The molecule has 7 heteroatoms. The Morgan fingerprint density at radius 2 is 1.96 bits per heavy atom. The predicted octanol–water partition coefficient (Wildman–Crippen LogP) is 1.11. The average molecular weight is 395 g/mol. The van der Waals surface area contributed by atoms with E-state index >= 15 is 0 Å². The molecule has 158 valence electrons. The van der Waals surface area contributed by atoms with Crippen molar-refractivity contribution in [2.45, 2.75) is 38.0 Å². The highest BCUT2D eigenvalue weighted by atomic mass is 16.5. The van der Waals surface area contributed by atoms with Gasteiger partial charge in [-0.2, -0.15) is 0 Å². The Morgan fingerprint density at radius 1 is 1.14 bits per heavy atom. The average Bonchev–Trinajstić information content (AvgIpc) is 2.97. The smallest absolute Gasteiger partial charge is 0.124 e. The molecule has 2 N–H and O–H groups in total. The second kappa shape index (κ2) is 11.0. The van der Waals surface area contributed by atoms with Gasteiger partial charge in [-0.25, -0.2) is 0 Å². The molecule has 2 saturated heterocycles. The molecule has 0 aromatic heterocycles. The number of ether oxygens (including phenoxy) is 3. The van der Waals surface area contributed by atoms with E-state index in [9.17, 15) is 10.2 Å². The Labute approximate surface area is 167 Å². The molecule has 2 aliphatic heterocycles. The number of β-amino-alcohol motifs (C(OH)–C–C–N with tert-alkyl or cyclic N) is 1. The Morgan fingerprint density at radius 3 is 2.75 bits per heavy atom. The molecule has 2 fully saturated rings. The molecule has 1 aromatic rings. The normalized spacial score (nSPS) is 21.2. The number of piperidine rings is 1. The van der Waals surface area contributed by atoms with Crippen LogP contribution in [0.15, 0.2) is 18.2 Å². The lowest BCUT2D eigenvalue weighted by molar-refractivity contribution is 0.0335. The largest absolute Gasteiger partial charge is 0.497 e. The van der Waals surface area contributed by atoms with Crippen LogP contribution in [0.25, 0.3) is 0 Å². The minimum Gasteiger partial charge on any atom is -0.497 e. The van der Waals surface area contributed by atoms with Crippen molar-refractivity contribution in [3.05, 3.63) is 23.8 Å². The Hall–Kier alpha value is -1.38. The Bertz CT molecular complexity index is 584. The summed E-state index contributed by atoms with van der Waals surface area (Å²) in [4.78, 5) is 4.55. The fourth-order valence-corrected chi connectivity index (χ4v) is 3.78. The molecular formula is C21H34N2O5. The first kappa shape index (κ1) is 21.3. The third-order valence-electron chi connectivity index (χ3n) is 5.43. The number of likely N-dealkylation sites (tertiary alicyclic amines) is 1. The SMILES string of the molecule is COc1ccc(OC[C@@H](O)CN2CCC(O)CC2)c(CN2CCCOCC2)c1. The summed E-state index contributed by atoms with van der Waals surface area (Å²) in [5, 5.41) is 20.0. The van der Waals surface area contributed by atoms with Gasteiger partial charge in [-0.15, -0.1) is 0 Å². The van der Waals surface area contributed by atoms with Gasteiger partial charge >= 0.3 is 0 Å². The van der Waals surface area contributed by atoms with Crippen LogP contribution in [0.1, 0.15) is 24.8 Å². The van der Waals surface area contributed by atoms with E-state index in [2.05, 4.69) is 9.80 Å². The highest BCUT2D eigenvalue weighted by Gasteiger charge is 2.20. The number of rotatable bonds is 8. The number of benzene rings is 1. The number of aliphatic hydroxyl groups excluding tert-OH is 2. The second-order valence-electron chi connectivity index (χ2n) is 7.71. The molecule has 2 aliphatic rings. The van der Waals surface area contributed by atoms with E-state index in [1.165, 1.54) is 0 Å². The zero-order valence-electron chi connectivity index (χ0n) is 16.9. The molecule has 1 aromatic carbocycles. The second-order valence-corrected chi connectivity index (χ2v) is 7.71. The lowest BCUT2D eigenvalue weighted by Gasteiger charge is -2.31. The quantitative estimate of drug-likeness (QED) is 0.684. The van der Waals surface area contributed by atoms with E-state index in [0.29, 0.717) is 6.54 Å². The number of hydrogen-bond acceptors (Lipinski definition) is 7. The maximum atomic E-state index is 10.4. The van der Waals surface area contributed by atoms with Crippen LogP contribution in [0.3, 0.4) is 0 Å². The molecular weight excluding hydrogens is 360 g/mol. The monoisotopic (exact) mass is 394 g/mol. The summed E-state index contributed by atoms with van der Waals surface area (Å²) in [5.41, 5.74) is 1.06. The highest BCUT2D eigenvalue weighted by molar-refractivity contribution is 5.40. The molecule has 0 bridgehead atoms. The van der Waals surface area contributed by atoms with Crippen molar-refractivity contribution in [3.63, 3.8) is 0 Å². The lowest BCUT2D eigenvalue weighted by Crippen LogP contribution is -2.41. The third kappa shape index (κ3) is 6.60. The predicted molar refractivity (Wildman–Crippen MR) is 107 cm³/mol. The van der Waals surface area contributed by atoms with E-state index < -0.39 is 6.10 Å². The fourth-order valence-electron chi connectivity index (χ4n) is 3.78. The first-order valence-electron chi connectivity index (χ1n) is 10.3. The van der Waals surface area contributed by atoms with Gasteiger partial charge < -0.3 is 29.3 Å². The van der Waals surface area contributed by atoms with E-state index in [1.54, 1.807) is 7.11 Å². The minimum atomic E-state index is -0.559. The molecule has 7 nitrogen and oxygen atoms in total. The molecule has 0 unspecified atom stereocenters. The van der Waals surface area contributed by atoms with Crippen molar-refractivity contribution in [3.8, 4) is 11.5 Å². The van der Waals surface area contributed by atoms with Crippen molar-refractivity contribution >= 4 is 0 Å². The van der Waals surface area contributed by atoms with Crippen LogP contribution in [0.2, 0.25) is 0 Å². The van der Waals surface area contributed by atoms with Crippen LogP contribution in [-0.2, 0) is 11.3 Å². The summed E-state index contributed by atoms with van der Waals surface area (Å²) < 4.78 is 16.9. The molecule has 28 heavy (non-hydrogen) atoms. The molecule has 2 heterocycles. The van der Waals surface area contributed by atoms with Gasteiger partial charge in [0.2, 0.25) is 0 Å². The molecule has 0 radical (unpaired) electrons. The molecule has 0 aliphatic carbocycles. The van der Waals surface area contributed by atoms with Crippen molar-refractivity contribution in [1.82, 2.24) is 9.80 Å². The van der Waals surface area contributed by atoms with Gasteiger partial charge in [0.05, 0.1) is 19.8 Å². The number of nitrogens with zero attached hydrogens (tertiary/aromatic N) is 2. The van der Waals surface area contributed by atoms with E-state index in [4.69, 9.17) is 14.2 Å². The van der Waals surface area contributed by atoms with Gasteiger partial charge in [0.1, 0.15) is 24.2 Å². The summed E-state index contributed by atoms with van der Waals surface area (Å²) in [6.45, 7) is 6.71. The van der Waals surface area contributed by atoms with Crippen LogP contribution < -0.4 is 9.47 Å². The summed E-state index contributed by atoms with van der Waals surface area (Å²) in [6.07, 6.45) is 1.82. The number of hydrogen-bond donors (Lipinski definition) is 2. The van der Waals surface area contributed by atoms with Gasteiger partial charge in [-0.3, -0.25) is 4.90 Å². The first-order chi connectivity index (χ1) is 13.6. The highest BCUT2D eigenvalue weighted by Crippen LogP contribution is 2.26. The van der Waals surface area contributed by atoms with E-state index in [1.807, 2.05) is 18.2 Å². The van der Waals surface area contributed by atoms with Crippen LogP contribution in [-0.4, -0.2) is 91.9 Å². The first-order valence-corrected chi connectivity index (χ1v) is 10.3. The van der Waals surface area contributed by atoms with Crippen molar-refractivity contribution in [2.24, 2.45) is 0 Å². The van der Waals surface area contributed by atoms with Crippen molar-refractivity contribution < 1.29 is 24.4 Å². The van der Waals surface area contributed by atoms with Crippen molar-refractivity contribution in [1.29, 1.82) is 0 Å². The zero-order chi connectivity index (χ0) is 19.8. The van der Waals surface area contributed by atoms with Gasteiger partial charge in [-0.05, 0) is 37.5 Å². The standard InChI is InChI=1S/C21H34N2O5/c1-26-20-3-4-21(17(13-20)14-22-7-2-11-27-12-10-22)28-16-19(25)15-23-8-5-18(24)6-9-23/h3-4,13,18-19,24-25H,2,5-12,14-16H2,1H3/t19-/m0/s1. The molecule has 0 amide bonds. The van der Waals surface area contributed by atoms with Crippen LogP contribution in [0.5, 0.6) is 11.5 Å². The van der Waals surface area contributed by atoms with Crippen LogP contribution in [0.4, 0.5) is 0 Å². The third-order valence-corrected chi connectivity index (χ3v) is 5.43. The summed E-state index contributed by atoms with van der Waals surface area (Å²) >= 11 is 0. The molecule has 1 atom stereocenters. The molecule has 0 saturated carbocycles.